The van der Waals surface area contributed by atoms with Crippen LogP contribution in [0, 0.1) is 11.6 Å². The summed E-state index contributed by atoms with van der Waals surface area (Å²) in [5.74, 6) is -2.55. The van der Waals surface area contributed by atoms with Crippen molar-refractivity contribution in [2.24, 2.45) is 0 Å². The average Bonchev–Trinajstić information content (AvgIpc) is 2.86. The Morgan fingerprint density at radius 3 is 2.29 bits per heavy atom. The van der Waals surface area contributed by atoms with E-state index >= 15 is 0 Å². The second-order valence-electron chi connectivity index (χ2n) is 8.08. The number of aliphatic hydroxyl groups excluding tert-OH is 1. The van der Waals surface area contributed by atoms with Crippen molar-refractivity contribution in [3.63, 3.8) is 0 Å². The number of hydrogen-bond donors (Lipinski definition) is 1. The Morgan fingerprint density at radius 1 is 1.00 bits per heavy atom. The SMILES string of the molecule is O=C(c1ccccc1)N1CCOC(CC(O)S(=O)(=O)c2ccccc2)(c2ccc(F)c(F)c2)C1. The quantitative estimate of drug-likeness (QED) is 0.575. The van der Waals surface area contributed by atoms with Crippen molar-refractivity contribution >= 4 is 15.7 Å². The van der Waals surface area contributed by atoms with Gasteiger partial charge < -0.3 is 14.7 Å². The molecule has 0 aliphatic carbocycles. The van der Waals surface area contributed by atoms with Gasteiger partial charge in [-0.3, -0.25) is 4.79 Å². The molecule has 178 valence electrons. The molecule has 1 saturated heterocycles. The topological polar surface area (TPSA) is 83.9 Å². The number of sulfone groups is 1. The van der Waals surface area contributed by atoms with Gasteiger partial charge in [0.25, 0.3) is 5.91 Å². The fraction of sp³-hybridized carbons (Fsp3) is 0.240. The smallest absolute Gasteiger partial charge is 0.254 e. The zero-order valence-corrected chi connectivity index (χ0v) is 18.9. The molecule has 6 nitrogen and oxygen atoms in total. The fourth-order valence-electron chi connectivity index (χ4n) is 4.08. The molecule has 3 aromatic carbocycles. The molecule has 1 fully saturated rings. The van der Waals surface area contributed by atoms with Crippen LogP contribution in [-0.4, -0.2) is 49.5 Å². The predicted molar refractivity (Wildman–Crippen MR) is 121 cm³/mol. The van der Waals surface area contributed by atoms with Crippen molar-refractivity contribution in [2.45, 2.75) is 22.4 Å². The molecular weight excluding hydrogens is 464 g/mol. The minimum atomic E-state index is -4.19. The van der Waals surface area contributed by atoms with Gasteiger partial charge in [0, 0.05) is 18.5 Å². The first-order valence-corrected chi connectivity index (χ1v) is 12.2. The summed E-state index contributed by atoms with van der Waals surface area (Å²) in [6.07, 6.45) is -0.492. The maximum atomic E-state index is 14.2. The van der Waals surface area contributed by atoms with Crippen LogP contribution >= 0.6 is 0 Å². The maximum absolute atomic E-state index is 14.2. The molecule has 0 spiro atoms. The van der Waals surface area contributed by atoms with Crippen LogP contribution in [0.2, 0.25) is 0 Å². The van der Waals surface area contributed by atoms with Gasteiger partial charge in [0.15, 0.2) is 17.1 Å². The van der Waals surface area contributed by atoms with Crippen LogP contribution in [0.25, 0.3) is 0 Å². The van der Waals surface area contributed by atoms with E-state index in [0.29, 0.717) is 5.56 Å². The Kier molecular flexibility index (Phi) is 6.79. The summed E-state index contributed by atoms with van der Waals surface area (Å²) in [5, 5.41) is 10.8. The number of benzene rings is 3. The minimum absolute atomic E-state index is 0.00960. The Hall–Kier alpha value is -3.14. The third kappa shape index (κ3) is 4.72. The first-order chi connectivity index (χ1) is 16.2. The lowest BCUT2D eigenvalue weighted by atomic mass is 9.88. The average molecular weight is 488 g/mol. The molecule has 1 amide bonds. The number of carbonyl (C=O) groups is 1. The number of hydrogen-bond acceptors (Lipinski definition) is 5. The number of morpholine rings is 1. The molecule has 34 heavy (non-hydrogen) atoms. The van der Waals surface area contributed by atoms with E-state index in [1.165, 1.54) is 35.2 Å². The van der Waals surface area contributed by atoms with Crippen molar-refractivity contribution in [1.29, 1.82) is 0 Å². The zero-order chi connectivity index (χ0) is 24.3. The summed E-state index contributed by atoms with van der Waals surface area (Å²) in [6, 6.07) is 19.0. The van der Waals surface area contributed by atoms with Crippen LogP contribution in [-0.2, 0) is 20.2 Å². The first kappa shape index (κ1) is 24.0. The number of halogens is 2. The van der Waals surface area contributed by atoms with Gasteiger partial charge in [-0.05, 0) is 42.0 Å². The Labute approximate surface area is 196 Å². The zero-order valence-electron chi connectivity index (χ0n) is 18.1. The molecule has 2 atom stereocenters. The summed E-state index contributed by atoms with van der Waals surface area (Å²) in [6.45, 7) is 0.0591. The summed E-state index contributed by atoms with van der Waals surface area (Å²) in [7, 11) is -4.19. The van der Waals surface area contributed by atoms with E-state index in [-0.39, 0.29) is 36.1 Å². The molecule has 1 aliphatic rings. The van der Waals surface area contributed by atoms with E-state index < -0.39 is 38.9 Å². The Bertz CT molecular complexity index is 1270. The van der Waals surface area contributed by atoms with Gasteiger partial charge in [0.2, 0.25) is 9.84 Å². The van der Waals surface area contributed by atoms with Gasteiger partial charge in [-0.1, -0.05) is 42.5 Å². The summed E-state index contributed by atoms with van der Waals surface area (Å²) in [5.41, 5.74) is -2.96. The highest BCUT2D eigenvalue weighted by Gasteiger charge is 2.45. The van der Waals surface area contributed by atoms with Crippen LogP contribution in [0.1, 0.15) is 22.3 Å². The molecule has 0 saturated carbocycles. The number of nitrogens with zero attached hydrogens (tertiary/aromatic N) is 1. The highest BCUT2D eigenvalue weighted by Crippen LogP contribution is 2.37. The Morgan fingerprint density at radius 2 is 1.65 bits per heavy atom. The van der Waals surface area contributed by atoms with E-state index in [9.17, 15) is 27.1 Å². The molecule has 3 aromatic rings. The molecule has 0 bridgehead atoms. The molecule has 0 aromatic heterocycles. The molecule has 1 aliphatic heterocycles. The second kappa shape index (κ2) is 9.61. The maximum Gasteiger partial charge on any atom is 0.254 e. The molecule has 0 radical (unpaired) electrons. The molecule has 9 heteroatoms. The van der Waals surface area contributed by atoms with E-state index in [1.807, 2.05) is 0 Å². The molecule has 2 unspecified atom stereocenters. The van der Waals surface area contributed by atoms with Gasteiger partial charge in [0.1, 0.15) is 5.60 Å². The standard InChI is InChI=1S/C25H23F2NO5S/c26-21-12-11-19(15-22(21)27)25(16-23(29)34(31,32)20-9-5-2-6-10-20)17-28(13-14-33-25)24(30)18-7-3-1-4-8-18/h1-12,15,23,29H,13-14,16-17H2. The number of amides is 1. The van der Waals surface area contributed by atoms with Crippen LogP contribution < -0.4 is 0 Å². The summed E-state index contributed by atoms with van der Waals surface area (Å²) < 4.78 is 59.8. The second-order valence-corrected chi connectivity index (χ2v) is 10.2. The Balaban J connectivity index is 1.72. The lowest BCUT2D eigenvalue weighted by molar-refractivity contribution is -0.119. The molecule has 1 N–H and O–H groups in total. The van der Waals surface area contributed by atoms with E-state index in [2.05, 4.69) is 0 Å². The summed E-state index contributed by atoms with van der Waals surface area (Å²) >= 11 is 0. The normalized spacial score (nSPS) is 19.6. The van der Waals surface area contributed by atoms with Crippen LogP contribution in [0.5, 0.6) is 0 Å². The van der Waals surface area contributed by atoms with Crippen molar-refractivity contribution in [1.82, 2.24) is 4.90 Å². The van der Waals surface area contributed by atoms with Crippen LogP contribution in [0.3, 0.4) is 0 Å². The van der Waals surface area contributed by atoms with Crippen molar-refractivity contribution in [2.75, 3.05) is 19.7 Å². The summed E-state index contributed by atoms with van der Waals surface area (Å²) in [4.78, 5) is 14.5. The number of rotatable bonds is 6. The highest BCUT2D eigenvalue weighted by atomic mass is 32.2. The van der Waals surface area contributed by atoms with E-state index in [1.54, 1.807) is 36.4 Å². The van der Waals surface area contributed by atoms with Gasteiger partial charge in [-0.15, -0.1) is 0 Å². The van der Waals surface area contributed by atoms with Gasteiger partial charge in [0.05, 0.1) is 18.0 Å². The largest absolute Gasteiger partial charge is 0.377 e. The monoisotopic (exact) mass is 487 g/mol. The van der Waals surface area contributed by atoms with Crippen molar-refractivity contribution in [3.05, 3.63) is 102 Å². The van der Waals surface area contributed by atoms with E-state index in [4.69, 9.17) is 4.74 Å². The molecule has 1 heterocycles. The number of aliphatic hydroxyl groups is 1. The highest BCUT2D eigenvalue weighted by molar-refractivity contribution is 7.91. The minimum Gasteiger partial charge on any atom is -0.377 e. The number of ether oxygens (including phenoxy) is 1. The van der Waals surface area contributed by atoms with Crippen molar-refractivity contribution < 1.29 is 31.8 Å². The predicted octanol–water partition coefficient (Wildman–Crippen LogP) is 3.52. The van der Waals surface area contributed by atoms with Crippen molar-refractivity contribution in [3.8, 4) is 0 Å². The first-order valence-electron chi connectivity index (χ1n) is 10.6. The van der Waals surface area contributed by atoms with Gasteiger partial charge in [-0.2, -0.15) is 0 Å². The molecular formula is C25H23F2NO5S. The van der Waals surface area contributed by atoms with Gasteiger partial charge in [-0.25, -0.2) is 17.2 Å². The van der Waals surface area contributed by atoms with Gasteiger partial charge >= 0.3 is 0 Å². The fourth-order valence-corrected chi connectivity index (χ4v) is 5.41. The lowest BCUT2D eigenvalue weighted by Gasteiger charge is -2.44. The third-order valence-electron chi connectivity index (χ3n) is 5.87. The lowest BCUT2D eigenvalue weighted by Crippen LogP contribution is -2.53. The third-order valence-corrected chi connectivity index (χ3v) is 7.69. The molecule has 4 rings (SSSR count). The van der Waals surface area contributed by atoms with Crippen LogP contribution in [0.4, 0.5) is 8.78 Å². The van der Waals surface area contributed by atoms with Crippen LogP contribution in [0.15, 0.2) is 83.8 Å². The number of carbonyl (C=O) groups excluding carboxylic acids is 1. The van der Waals surface area contributed by atoms with E-state index in [0.717, 1.165) is 12.1 Å².